The van der Waals surface area contributed by atoms with Crippen molar-refractivity contribution < 1.29 is 4.79 Å². The predicted molar refractivity (Wildman–Crippen MR) is 70.4 cm³/mol. The first-order valence-corrected chi connectivity index (χ1v) is 7.10. The van der Waals surface area contributed by atoms with E-state index in [1.54, 1.807) is 17.5 Å². The second-order valence-electron chi connectivity index (χ2n) is 4.18. The van der Waals surface area contributed by atoms with Crippen LogP contribution in [0.4, 0.5) is 5.13 Å². The summed E-state index contributed by atoms with van der Waals surface area (Å²) in [5, 5.41) is 2.94. The molecule has 0 saturated carbocycles. The van der Waals surface area contributed by atoms with Crippen LogP contribution in [0.5, 0.6) is 0 Å². The Morgan fingerprint density at radius 1 is 1.59 bits per heavy atom. The molecule has 1 aliphatic heterocycles. The van der Waals surface area contributed by atoms with Crippen molar-refractivity contribution in [1.82, 2.24) is 9.88 Å². The molecule has 1 amide bonds. The van der Waals surface area contributed by atoms with Crippen molar-refractivity contribution in [2.24, 2.45) is 0 Å². The number of aromatic nitrogens is 1. The lowest BCUT2D eigenvalue weighted by molar-refractivity contribution is -0.132. The maximum absolute atomic E-state index is 12.4. The van der Waals surface area contributed by atoms with Crippen LogP contribution in [0.3, 0.4) is 0 Å². The highest BCUT2D eigenvalue weighted by Gasteiger charge is 2.34. The number of carbonyl (C=O) groups excluding carboxylic acids is 1. The Bertz CT molecular complexity index is 362. The third-order valence-electron chi connectivity index (χ3n) is 3.28. The van der Waals surface area contributed by atoms with E-state index in [1.807, 2.05) is 24.1 Å². The van der Waals surface area contributed by atoms with Crippen molar-refractivity contribution in [2.75, 3.05) is 24.5 Å². The van der Waals surface area contributed by atoms with Crippen LogP contribution >= 0.6 is 11.3 Å². The average molecular weight is 253 g/mol. The smallest absolute Gasteiger partial charge is 0.245 e. The standard InChI is InChI=1S/C12H19N3OS/c1-3-14(4-2)11(16)10-6-5-8-15(10)12-13-7-9-17-12/h7,9-10H,3-6,8H2,1-2H3/t10-/m1/s1. The van der Waals surface area contributed by atoms with Crippen molar-refractivity contribution in [3.05, 3.63) is 11.6 Å². The summed E-state index contributed by atoms with van der Waals surface area (Å²) >= 11 is 1.61. The van der Waals surface area contributed by atoms with Crippen LogP contribution in [0.15, 0.2) is 11.6 Å². The molecule has 0 bridgehead atoms. The summed E-state index contributed by atoms with van der Waals surface area (Å²) in [5.74, 6) is 0.253. The first-order valence-electron chi connectivity index (χ1n) is 6.22. The highest BCUT2D eigenvalue weighted by atomic mass is 32.1. The van der Waals surface area contributed by atoms with Gasteiger partial charge in [-0.2, -0.15) is 0 Å². The minimum Gasteiger partial charge on any atom is -0.341 e. The van der Waals surface area contributed by atoms with E-state index in [-0.39, 0.29) is 11.9 Å². The number of nitrogens with zero attached hydrogens (tertiary/aromatic N) is 3. The zero-order valence-corrected chi connectivity index (χ0v) is 11.2. The van der Waals surface area contributed by atoms with E-state index < -0.39 is 0 Å². The number of hydrogen-bond acceptors (Lipinski definition) is 4. The fraction of sp³-hybridized carbons (Fsp3) is 0.667. The Labute approximate surface area is 106 Å². The summed E-state index contributed by atoms with van der Waals surface area (Å²) in [6.07, 6.45) is 3.84. The molecule has 0 radical (unpaired) electrons. The zero-order valence-electron chi connectivity index (χ0n) is 10.4. The fourth-order valence-electron chi connectivity index (χ4n) is 2.36. The topological polar surface area (TPSA) is 36.4 Å². The number of likely N-dealkylation sites (N-methyl/N-ethyl adjacent to an activating group) is 1. The largest absolute Gasteiger partial charge is 0.341 e. The Morgan fingerprint density at radius 3 is 2.94 bits per heavy atom. The van der Waals surface area contributed by atoms with E-state index in [1.165, 1.54) is 0 Å². The maximum Gasteiger partial charge on any atom is 0.245 e. The monoisotopic (exact) mass is 253 g/mol. The van der Waals surface area contributed by atoms with Crippen LogP contribution in [0.25, 0.3) is 0 Å². The van der Waals surface area contributed by atoms with E-state index in [4.69, 9.17) is 0 Å². The molecule has 1 atom stereocenters. The molecule has 5 heteroatoms. The molecule has 1 saturated heterocycles. The van der Waals surface area contributed by atoms with Gasteiger partial charge in [0.25, 0.3) is 0 Å². The van der Waals surface area contributed by atoms with Crippen LogP contribution < -0.4 is 4.90 Å². The van der Waals surface area contributed by atoms with Gasteiger partial charge < -0.3 is 9.80 Å². The van der Waals surface area contributed by atoms with Crippen LogP contribution in [-0.4, -0.2) is 41.5 Å². The predicted octanol–water partition coefficient (Wildman–Crippen LogP) is 1.98. The molecule has 0 N–H and O–H groups in total. The highest BCUT2D eigenvalue weighted by molar-refractivity contribution is 7.13. The molecule has 17 heavy (non-hydrogen) atoms. The lowest BCUT2D eigenvalue weighted by atomic mass is 10.2. The fourth-order valence-corrected chi connectivity index (χ4v) is 3.08. The summed E-state index contributed by atoms with van der Waals surface area (Å²) in [5.41, 5.74) is 0. The van der Waals surface area contributed by atoms with Gasteiger partial charge in [-0.15, -0.1) is 11.3 Å². The normalized spacial score (nSPS) is 19.6. The lowest BCUT2D eigenvalue weighted by Crippen LogP contribution is -2.45. The number of anilines is 1. The van der Waals surface area contributed by atoms with Crippen molar-refractivity contribution in [2.45, 2.75) is 32.7 Å². The zero-order chi connectivity index (χ0) is 12.3. The van der Waals surface area contributed by atoms with Gasteiger partial charge in [-0.05, 0) is 26.7 Å². The minimum absolute atomic E-state index is 0.000972. The third-order valence-corrected chi connectivity index (χ3v) is 4.09. The summed E-state index contributed by atoms with van der Waals surface area (Å²) in [6, 6.07) is 0.000972. The average Bonchev–Trinajstić information content (AvgIpc) is 3.01. The van der Waals surface area contributed by atoms with Gasteiger partial charge in [-0.3, -0.25) is 4.79 Å². The molecule has 2 heterocycles. The van der Waals surface area contributed by atoms with E-state index in [0.29, 0.717) is 0 Å². The highest BCUT2D eigenvalue weighted by Crippen LogP contribution is 2.28. The first kappa shape index (κ1) is 12.4. The number of carbonyl (C=O) groups is 1. The Balaban J connectivity index is 2.12. The Kier molecular flexibility index (Phi) is 3.99. The summed E-state index contributed by atoms with van der Waals surface area (Å²) in [7, 11) is 0. The minimum atomic E-state index is 0.000972. The SMILES string of the molecule is CCN(CC)C(=O)[C@H]1CCCN1c1nccs1. The van der Waals surface area contributed by atoms with Gasteiger partial charge in [-0.1, -0.05) is 0 Å². The summed E-state index contributed by atoms with van der Waals surface area (Å²) in [6.45, 7) is 6.59. The van der Waals surface area contributed by atoms with Crippen molar-refractivity contribution >= 4 is 22.4 Å². The van der Waals surface area contributed by atoms with Gasteiger partial charge in [0.2, 0.25) is 5.91 Å². The number of thiazole rings is 1. The number of hydrogen-bond donors (Lipinski definition) is 0. The molecular weight excluding hydrogens is 234 g/mol. The molecule has 94 valence electrons. The van der Waals surface area contributed by atoms with Crippen LogP contribution in [0.1, 0.15) is 26.7 Å². The lowest BCUT2D eigenvalue weighted by Gasteiger charge is -2.28. The molecule has 4 nitrogen and oxygen atoms in total. The second kappa shape index (κ2) is 5.49. The van der Waals surface area contributed by atoms with Crippen LogP contribution in [0, 0.1) is 0 Å². The van der Waals surface area contributed by atoms with Crippen molar-refractivity contribution in [3.8, 4) is 0 Å². The molecule has 1 fully saturated rings. The van der Waals surface area contributed by atoms with Gasteiger partial charge >= 0.3 is 0 Å². The molecule has 0 aliphatic carbocycles. The third kappa shape index (κ3) is 2.44. The first-order chi connectivity index (χ1) is 8.27. The summed E-state index contributed by atoms with van der Waals surface area (Å²) in [4.78, 5) is 20.8. The quantitative estimate of drug-likeness (QED) is 0.823. The molecule has 2 rings (SSSR count). The Morgan fingerprint density at radius 2 is 2.35 bits per heavy atom. The van der Waals surface area contributed by atoms with Gasteiger partial charge in [0, 0.05) is 31.2 Å². The van der Waals surface area contributed by atoms with Gasteiger partial charge in [0.1, 0.15) is 6.04 Å². The van der Waals surface area contributed by atoms with E-state index >= 15 is 0 Å². The maximum atomic E-state index is 12.4. The second-order valence-corrected chi connectivity index (χ2v) is 5.05. The Hall–Kier alpha value is -1.10. The molecule has 0 spiro atoms. The van der Waals surface area contributed by atoms with E-state index in [9.17, 15) is 4.79 Å². The van der Waals surface area contributed by atoms with Gasteiger partial charge in [0.15, 0.2) is 5.13 Å². The molecule has 1 aromatic rings. The molecule has 0 unspecified atom stereocenters. The van der Waals surface area contributed by atoms with E-state index in [0.717, 1.165) is 37.6 Å². The van der Waals surface area contributed by atoms with E-state index in [2.05, 4.69) is 9.88 Å². The van der Waals surface area contributed by atoms with Gasteiger partial charge in [-0.25, -0.2) is 4.98 Å². The summed E-state index contributed by atoms with van der Waals surface area (Å²) < 4.78 is 0. The number of rotatable bonds is 4. The van der Waals surface area contributed by atoms with Crippen molar-refractivity contribution in [3.63, 3.8) is 0 Å². The molecule has 1 aliphatic rings. The molecular formula is C12H19N3OS. The number of amides is 1. The molecule has 0 aromatic carbocycles. The van der Waals surface area contributed by atoms with Gasteiger partial charge in [0.05, 0.1) is 0 Å². The van der Waals surface area contributed by atoms with Crippen LogP contribution in [-0.2, 0) is 4.79 Å². The molecule has 1 aromatic heterocycles. The van der Waals surface area contributed by atoms with Crippen LogP contribution in [0.2, 0.25) is 0 Å². The van der Waals surface area contributed by atoms with Crippen molar-refractivity contribution in [1.29, 1.82) is 0 Å².